The first kappa shape index (κ1) is 39.0. The third kappa shape index (κ3) is 8.17. The molecule has 5 N–H and O–H groups in total. The van der Waals surface area contributed by atoms with E-state index in [0.717, 1.165) is 33.5 Å². The summed E-state index contributed by atoms with van der Waals surface area (Å²) in [6, 6.07) is 26.3. The Morgan fingerprint density at radius 1 is 0.879 bits per heavy atom. The van der Waals surface area contributed by atoms with Crippen molar-refractivity contribution in [3.8, 4) is 11.1 Å². The highest BCUT2D eigenvalue weighted by molar-refractivity contribution is 6.25. The van der Waals surface area contributed by atoms with Crippen molar-refractivity contribution in [1.29, 1.82) is 0 Å². The number of hydrogen-bond acceptors (Lipinski definition) is 10. The highest BCUT2D eigenvalue weighted by Gasteiger charge is 2.46. The zero-order valence-corrected chi connectivity index (χ0v) is 31.7. The fourth-order valence-electron chi connectivity index (χ4n) is 7.34. The molecule has 1 aromatic heterocycles. The Hall–Kier alpha value is -7.22. The quantitative estimate of drug-likeness (QED) is 0.0627. The van der Waals surface area contributed by atoms with Gasteiger partial charge in [0.25, 0.3) is 17.7 Å². The van der Waals surface area contributed by atoms with Gasteiger partial charge in [0.15, 0.2) is 5.78 Å². The number of pyridine rings is 1. The summed E-state index contributed by atoms with van der Waals surface area (Å²) in [6.45, 7) is 0.320. The van der Waals surface area contributed by atoms with E-state index in [9.17, 15) is 33.6 Å². The molecule has 0 spiro atoms. The van der Waals surface area contributed by atoms with Gasteiger partial charge in [-0.25, -0.2) is 0 Å². The SMILES string of the molecule is CN(CC(=O)NCCCCCC(=O)c1ccc(-c2ccc3c(Nc4ccccc4)c(C(N)=O)cnc3c2)cc1)c1cccc2c1C(=O)N(C1CCC(=O)NC1=O)C2=O. The van der Waals surface area contributed by atoms with E-state index >= 15 is 0 Å². The summed E-state index contributed by atoms with van der Waals surface area (Å²) in [6.07, 6.45) is 3.94. The van der Waals surface area contributed by atoms with Crippen LogP contribution in [0.3, 0.4) is 0 Å². The second kappa shape index (κ2) is 16.9. The number of piperidine rings is 1. The van der Waals surface area contributed by atoms with Crippen LogP contribution in [0.15, 0.2) is 97.2 Å². The number of likely N-dealkylation sites (N-methyl/N-ethyl adjacent to an activating group) is 1. The van der Waals surface area contributed by atoms with Crippen LogP contribution < -0.4 is 26.6 Å². The number of para-hydroxylation sites is 1. The van der Waals surface area contributed by atoms with Crippen molar-refractivity contribution in [2.45, 2.75) is 44.6 Å². The average molecular weight is 780 g/mol. The number of amides is 6. The van der Waals surface area contributed by atoms with E-state index in [4.69, 9.17) is 5.73 Å². The number of nitrogens with zero attached hydrogens (tertiary/aromatic N) is 3. The number of carbonyl (C=O) groups is 7. The molecule has 5 aromatic rings. The van der Waals surface area contributed by atoms with Crippen molar-refractivity contribution >= 4 is 69.2 Å². The third-order valence-corrected chi connectivity index (χ3v) is 10.4. The first-order chi connectivity index (χ1) is 28.0. The molecule has 1 fully saturated rings. The van der Waals surface area contributed by atoms with Gasteiger partial charge in [0.2, 0.25) is 17.7 Å². The van der Waals surface area contributed by atoms with E-state index in [1.165, 1.54) is 12.3 Å². The Labute approximate surface area is 333 Å². The summed E-state index contributed by atoms with van der Waals surface area (Å²) < 4.78 is 0. The van der Waals surface area contributed by atoms with Crippen molar-refractivity contribution in [3.05, 3.63) is 119 Å². The number of carbonyl (C=O) groups excluding carboxylic acids is 7. The monoisotopic (exact) mass is 779 g/mol. The summed E-state index contributed by atoms with van der Waals surface area (Å²) in [5.74, 6) is -3.23. The number of fused-ring (bicyclic) bond motifs is 2. The highest BCUT2D eigenvalue weighted by atomic mass is 16.2. The third-order valence-electron chi connectivity index (χ3n) is 10.4. The molecule has 2 aliphatic rings. The van der Waals surface area contributed by atoms with Crippen molar-refractivity contribution in [3.63, 3.8) is 0 Å². The summed E-state index contributed by atoms with van der Waals surface area (Å²) in [5, 5.41) is 9.12. The van der Waals surface area contributed by atoms with E-state index < -0.39 is 35.6 Å². The summed E-state index contributed by atoms with van der Waals surface area (Å²) >= 11 is 0. The first-order valence-corrected chi connectivity index (χ1v) is 19.0. The van der Waals surface area contributed by atoms with Gasteiger partial charge in [0, 0.05) is 49.3 Å². The van der Waals surface area contributed by atoms with Crippen LogP contribution in [0.1, 0.15) is 80.0 Å². The van der Waals surface area contributed by atoms with Crippen LogP contribution in [-0.2, 0) is 14.4 Å². The van der Waals surface area contributed by atoms with Crippen LogP contribution in [0.25, 0.3) is 22.0 Å². The maximum absolute atomic E-state index is 13.4. The Morgan fingerprint density at radius 2 is 1.64 bits per heavy atom. The predicted octanol–water partition coefficient (Wildman–Crippen LogP) is 5.14. The fraction of sp³-hybridized carbons (Fsp3) is 0.227. The van der Waals surface area contributed by atoms with E-state index in [-0.39, 0.29) is 47.8 Å². The summed E-state index contributed by atoms with van der Waals surface area (Å²) in [5.41, 5.74) is 11.1. The Morgan fingerprint density at radius 3 is 2.38 bits per heavy atom. The zero-order chi connectivity index (χ0) is 40.9. The minimum Gasteiger partial charge on any atom is -0.365 e. The maximum atomic E-state index is 13.4. The molecule has 0 aliphatic carbocycles. The molecule has 1 unspecified atom stereocenters. The van der Waals surface area contributed by atoms with Gasteiger partial charge in [-0.1, -0.05) is 67.1 Å². The van der Waals surface area contributed by atoms with Crippen molar-refractivity contribution in [2.24, 2.45) is 5.73 Å². The van der Waals surface area contributed by atoms with Crippen LogP contribution in [0, 0.1) is 0 Å². The standard InChI is InChI=1S/C44H41N7O7/c1-50(34-12-8-11-31-39(34)44(58)51(43(31)57)35-20-21-37(53)49-42(35)56)25-38(54)46-22-7-3-6-13-36(52)27-16-14-26(15-17-27)28-18-19-30-33(23-28)47-24-32(41(45)55)40(30)48-29-9-4-2-5-10-29/h2,4-5,8-12,14-19,23-24,35H,3,6-7,13,20-22,25H2,1H3,(H2,45,55)(H,46,54)(H,47,48)(H,49,53,56). The smallest absolute Gasteiger partial charge is 0.264 e. The average Bonchev–Trinajstić information content (AvgIpc) is 3.47. The number of imide groups is 2. The minimum atomic E-state index is -1.08. The van der Waals surface area contributed by atoms with Crippen LogP contribution in [-0.4, -0.2) is 77.3 Å². The summed E-state index contributed by atoms with van der Waals surface area (Å²) in [7, 11) is 1.64. The lowest BCUT2D eigenvalue weighted by Gasteiger charge is -2.28. The number of primary amides is 1. The number of hydrogen-bond donors (Lipinski definition) is 4. The van der Waals surface area contributed by atoms with Crippen molar-refractivity contribution in [2.75, 3.05) is 30.4 Å². The number of benzene rings is 4. The second-order valence-electron chi connectivity index (χ2n) is 14.3. The van der Waals surface area contributed by atoms with Gasteiger partial charge in [-0.3, -0.25) is 48.8 Å². The number of ketones is 1. The van der Waals surface area contributed by atoms with Gasteiger partial charge in [-0.2, -0.15) is 0 Å². The molecule has 14 heteroatoms. The van der Waals surface area contributed by atoms with Gasteiger partial charge in [-0.15, -0.1) is 0 Å². The zero-order valence-electron chi connectivity index (χ0n) is 31.7. The lowest BCUT2D eigenvalue weighted by molar-refractivity contribution is -0.136. The van der Waals surface area contributed by atoms with E-state index in [2.05, 4.69) is 20.9 Å². The molecule has 1 atom stereocenters. The fourth-order valence-corrected chi connectivity index (χ4v) is 7.34. The van der Waals surface area contributed by atoms with Gasteiger partial charge >= 0.3 is 0 Å². The Bertz CT molecular complexity index is 2470. The molecule has 0 bridgehead atoms. The van der Waals surface area contributed by atoms with Crippen LogP contribution in [0.2, 0.25) is 0 Å². The van der Waals surface area contributed by atoms with Gasteiger partial charge < -0.3 is 21.3 Å². The molecule has 1 saturated heterocycles. The van der Waals surface area contributed by atoms with Crippen LogP contribution in [0.4, 0.5) is 17.1 Å². The number of aromatic nitrogens is 1. The van der Waals surface area contributed by atoms with E-state index in [1.807, 2.05) is 72.8 Å². The Balaban J connectivity index is 0.873. The molecule has 58 heavy (non-hydrogen) atoms. The molecule has 294 valence electrons. The molecule has 2 aliphatic heterocycles. The number of Topliss-reactive ketones (excluding diaryl/α,β-unsaturated/α-hetero) is 1. The molecule has 7 rings (SSSR count). The topological polar surface area (TPSA) is 201 Å². The van der Waals surface area contributed by atoms with Crippen molar-refractivity contribution < 1.29 is 33.6 Å². The lowest BCUT2D eigenvalue weighted by atomic mass is 9.98. The second-order valence-corrected chi connectivity index (χ2v) is 14.3. The molecular weight excluding hydrogens is 739 g/mol. The number of rotatable bonds is 15. The van der Waals surface area contributed by atoms with E-state index in [1.54, 1.807) is 24.1 Å². The van der Waals surface area contributed by atoms with E-state index in [0.29, 0.717) is 48.3 Å². The van der Waals surface area contributed by atoms with Crippen LogP contribution in [0.5, 0.6) is 0 Å². The van der Waals surface area contributed by atoms with Gasteiger partial charge in [-0.05, 0) is 60.7 Å². The normalized spacial score (nSPS) is 14.9. The number of nitrogens with two attached hydrogens (primary N) is 1. The Kier molecular flexibility index (Phi) is 11.4. The van der Waals surface area contributed by atoms with Crippen LogP contribution >= 0.6 is 0 Å². The number of nitrogens with one attached hydrogen (secondary N) is 3. The molecule has 14 nitrogen and oxygen atoms in total. The molecular formula is C44H41N7O7. The first-order valence-electron chi connectivity index (χ1n) is 19.0. The lowest BCUT2D eigenvalue weighted by Crippen LogP contribution is -2.54. The van der Waals surface area contributed by atoms with Gasteiger partial charge in [0.1, 0.15) is 6.04 Å². The van der Waals surface area contributed by atoms with Crippen molar-refractivity contribution in [1.82, 2.24) is 20.5 Å². The number of anilines is 3. The minimum absolute atomic E-state index is 0.0209. The highest BCUT2D eigenvalue weighted by Crippen LogP contribution is 2.35. The molecule has 0 saturated carbocycles. The predicted molar refractivity (Wildman–Crippen MR) is 218 cm³/mol. The molecule has 0 radical (unpaired) electrons. The largest absolute Gasteiger partial charge is 0.365 e. The summed E-state index contributed by atoms with van der Waals surface area (Å²) in [4.78, 5) is 95.6. The van der Waals surface area contributed by atoms with Gasteiger partial charge in [0.05, 0.1) is 40.1 Å². The molecule has 3 heterocycles. The maximum Gasteiger partial charge on any atom is 0.264 e. The molecule has 4 aromatic carbocycles. The number of unbranched alkanes of at least 4 members (excludes halogenated alkanes) is 2. The molecule has 6 amide bonds.